The van der Waals surface area contributed by atoms with Crippen LogP contribution in [0.2, 0.25) is 0 Å². The van der Waals surface area contributed by atoms with Crippen molar-refractivity contribution < 1.29 is 14.0 Å². The van der Waals surface area contributed by atoms with Gasteiger partial charge in [0.25, 0.3) is 0 Å². The molecule has 1 N–H and O–H groups in total. The lowest BCUT2D eigenvalue weighted by Crippen LogP contribution is -2.19. The fraction of sp³-hybridized carbons (Fsp3) is 0.450. The predicted octanol–water partition coefficient (Wildman–Crippen LogP) is 5.60. The quantitative estimate of drug-likeness (QED) is 0.530. The molecule has 120 valence electrons. The van der Waals surface area contributed by atoms with Gasteiger partial charge in [0.1, 0.15) is 0 Å². The second-order valence-electron chi connectivity index (χ2n) is 6.47. The van der Waals surface area contributed by atoms with Gasteiger partial charge in [-0.15, -0.1) is 0 Å². The van der Waals surface area contributed by atoms with Gasteiger partial charge in [0, 0.05) is 10.2 Å². The molecule has 2 nitrogen and oxygen atoms in total. The summed E-state index contributed by atoms with van der Waals surface area (Å²) in [6, 6.07) is 0. The molecule has 0 saturated carbocycles. The molecular formula is C20H28O2. The fourth-order valence-corrected chi connectivity index (χ4v) is 2.77. The van der Waals surface area contributed by atoms with Gasteiger partial charge in [0.2, 0.25) is 0 Å². The lowest BCUT2D eigenvalue weighted by Gasteiger charge is -2.32. The van der Waals surface area contributed by atoms with E-state index in [2.05, 4.69) is 26.8 Å². The number of carboxylic acid groups (broad SMARTS) is 1. The first kappa shape index (κ1) is 13.8. The zero-order valence-corrected chi connectivity index (χ0v) is 13.9. The Morgan fingerprint density at radius 1 is 1.32 bits per heavy atom. The minimum Gasteiger partial charge on any atom is -0.478 e. The Labute approximate surface area is 138 Å². The maximum Gasteiger partial charge on any atom is 0.328 e. The Hall–Kier alpha value is -1.83. The molecule has 0 unspecified atom stereocenters. The number of allylic oxidation sites excluding steroid dienone is 9. The Kier molecular flexibility index (Phi) is 5.01. The zero-order chi connectivity index (χ0) is 19.3. The predicted molar refractivity (Wildman–Crippen MR) is 93.8 cm³/mol. The number of carbonyl (C=O) groups is 1. The van der Waals surface area contributed by atoms with Crippen molar-refractivity contribution in [2.45, 2.75) is 53.8 Å². The lowest BCUT2D eigenvalue weighted by atomic mass is 9.72. The van der Waals surface area contributed by atoms with Crippen LogP contribution in [-0.2, 0) is 4.79 Å². The Balaban J connectivity index is 2.93. The van der Waals surface area contributed by atoms with Crippen LogP contribution in [-0.4, -0.2) is 11.1 Å². The van der Waals surface area contributed by atoms with Crippen molar-refractivity contribution in [3.05, 3.63) is 58.7 Å². The van der Waals surface area contributed by atoms with Gasteiger partial charge in [-0.2, -0.15) is 0 Å². The van der Waals surface area contributed by atoms with E-state index >= 15 is 0 Å². The van der Waals surface area contributed by atoms with Gasteiger partial charge in [-0.25, -0.2) is 4.79 Å². The fourth-order valence-electron chi connectivity index (χ4n) is 2.77. The van der Waals surface area contributed by atoms with Crippen molar-refractivity contribution in [3.8, 4) is 0 Å². The van der Waals surface area contributed by atoms with Crippen molar-refractivity contribution in [2.75, 3.05) is 0 Å². The lowest BCUT2D eigenvalue weighted by molar-refractivity contribution is -0.131. The van der Waals surface area contributed by atoms with Gasteiger partial charge in [-0.3, -0.25) is 0 Å². The molecule has 0 heterocycles. The second-order valence-corrected chi connectivity index (χ2v) is 6.47. The van der Waals surface area contributed by atoms with Crippen LogP contribution in [0.1, 0.15) is 57.9 Å². The van der Waals surface area contributed by atoms with Crippen LogP contribution in [0.4, 0.5) is 0 Å². The maximum absolute atomic E-state index is 10.7. The van der Waals surface area contributed by atoms with Crippen molar-refractivity contribution >= 4 is 5.97 Å². The molecule has 0 aromatic heterocycles. The smallest absolute Gasteiger partial charge is 0.328 e. The summed E-state index contributed by atoms with van der Waals surface area (Å²) in [5.41, 5.74) is 3.74. The van der Waals surface area contributed by atoms with E-state index in [9.17, 15) is 4.79 Å². The second kappa shape index (κ2) is 7.98. The van der Waals surface area contributed by atoms with Crippen LogP contribution in [0.5, 0.6) is 0 Å². The highest BCUT2D eigenvalue weighted by molar-refractivity contribution is 5.81. The van der Waals surface area contributed by atoms with Gasteiger partial charge in [-0.05, 0) is 56.5 Å². The van der Waals surface area contributed by atoms with Crippen molar-refractivity contribution in [2.24, 2.45) is 5.41 Å². The molecule has 0 bridgehead atoms. The summed E-state index contributed by atoms with van der Waals surface area (Å²) >= 11 is 0. The molecule has 0 atom stereocenters. The topological polar surface area (TPSA) is 37.3 Å². The van der Waals surface area contributed by atoms with Crippen LogP contribution >= 0.6 is 0 Å². The molecule has 0 aromatic rings. The number of hydrogen-bond acceptors (Lipinski definition) is 1. The molecule has 1 aliphatic carbocycles. The molecule has 2 heteroatoms. The van der Waals surface area contributed by atoms with E-state index < -0.39 is 12.8 Å². The molecule has 0 saturated heterocycles. The van der Waals surface area contributed by atoms with E-state index in [0.29, 0.717) is 0 Å². The van der Waals surface area contributed by atoms with Crippen molar-refractivity contribution in [1.29, 1.82) is 0 Å². The van der Waals surface area contributed by atoms with Crippen LogP contribution in [0, 0.1) is 5.41 Å². The Morgan fingerprint density at radius 2 is 2.05 bits per heavy atom. The zero-order valence-electron chi connectivity index (χ0n) is 16.9. The molecule has 22 heavy (non-hydrogen) atoms. The number of aliphatic carboxylic acids is 1. The molecular weight excluding hydrogens is 272 g/mol. The van der Waals surface area contributed by atoms with Crippen molar-refractivity contribution in [1.82, 2.24) is 0 Å². The third-order valence-corrected chi connectivity index (χ3v) is 3.97. The number of carboxylic acids is 1. The first-order valence-electron chi connectivity index (χ1n) is 9.12. The third kappa shape index (κ3) is 5.88. The molecule has 0 aliphatic heterocycles. The van der Waals surface area contributed by atoms with E-state index in [0.717, 1.165) is 18.1 Å². The molecule has 0 fully saturated rings. The van der Waals surface area contributed by atoms with Crippen LogP contribution in [0.15, 0.2) is 58.7 Å². The van der Waals surface area contributed by atoms with E-state index in [1.54, 1.807) is 12.2 Å². The SMILES string of the molecule is [2H]C([2H])([2H])C(/C=C/C=C(C)\C=C\C1=C(C)CCCC1(C)C)=C\C(=O)O. The Morgan fingerprint density at radius 3 is 2.64 bits per heavy atom. The van der Waals surface area contributed by atoms with E-state index in [1.165, 1.54) is 30.1 Å². The molecule has 0 amide bonds. The van der Waals surface area contributed by atoms with Gasteiger partial charge in [0.05, 0.1) is 0 Å². The summed E-state index contributed by atoms with van der Waals surface area (Å²) in [5.74, 6) is -1.27. The largest absolute Gasteiger partial charge is 0.478 e. The summed E-state index contributed by atoms with van der Waals surface area (Å²) in [7, 11) is 0. The normalized spacial score (nSPS) is 22.8. The maximum atomic E-state index is 10.7. The standard InChI is InChI=1S/C20H28O2/c1-15(8-6-9-16(2)14-19(21)22)11-12-18-17(3)10-7-13-20(18,4)5/h6,8-9,11-12,14H,7,10,13H2,1-5H3,(H,21,22)/b9-6+,12-11+,15-8-,16-14+/i2D3. The highest BCUT2D eigenvalue weighted by Gasteiger charge is 2.26. The van der Waals surface area contributed by atoms with Gasteiger partial charge in [-0.1, -0.05) is 55.4 Å². The van der Waals surface area contributed by atoms with Crippen LogP contribution in [0.3, 0.4) is 0 Å². The third-order valence-electron chi connectivity index (χ3n) is 3.97. The van der Waals surface area contributed by atoms with Crippen LogP contribution < -0.4 is 0 Å². The summed E-state index contributed by atoms with van der Waals surface area (Å²) in [6.45, 7) is 6.18. The summed E-state index contributed by atoms with van der Waals surface area (Å²) < 4.78 is 22.1. The molecule has 1 aliphatic rings. The molecule has 1 rings (SSSR count). The number of hydrogen-bond donors (Lipinski definition) is 1. The van der Waals surface area contributed by atoms with Crippen LogP contribution in [0.25, 0.3) is 0 Å². The average Bonchev–Trinajstić information content (AvgIpc) is 2.43. The highest BCUT2D eigenvalue weighted by atomic mass is 16.4. The summed E-state index contributed by atoms with van der Waals surface area (Å²) in [4.78, 5) is 10.7. The first-order valence-corrected chi connectivity index (χ1v) is 7.62. The van der Waals surface area contributed by atoms with Crippen molar-refractivity contribution in [3.63, 3.8) is 0 Å². The summed E-state index contributed by atoms with van der Waals surface area (Å²) in [6.07, 6.45) is 13.1. The monoisotopic (exact) mass is 303 g/mol. The molecule has 0 spiro atoms. The van der Waals surface area contributed by atoms with Gasteiger partial charge < -0.3 is 5.11 Å². The molecule has 0 aromatic carbocycles. The van der Waals surface area contributed by atoms with Gasteiger partial charge >= 0.3 is 5.97 Å². The van der Waals surface area contributed by atoms with Gasteiger partial charge in [0.15, 0.2) is 0 Å². The molecule has 0 radical (unpaired) electrons. The van der Waals surface area contributed by atoms with E-state index in [4.69, 9.17) is 9.22 Å². The van der Waals surface area contributed by atoms with E-state index in [-0.39, 0.29) is 11.0 Å². The minimum absolute atomic E-state index is 0.174. The summed E-state index contributed by atoms with van der Waals surface area (Å²) in [5, 5.41) is 8.77. The Bertz CT molecular complexity index is 657. The van der Waals surface area contributed by atoms with E-state index in [1.807, 2.05) is 13.0 Å². The first-order chi connectivity index (χ1) is 11.4. The highest BCUT2D eigenvalue weighted by Crippen LogP contribution is 2.40. The number of rotatable bonds is 5. The average molecular weight is 303 g/mol. The minimum atomic E-state index is -2.44.